The molecule has 0 bridgehead atoms. The predicted molar refractivity (Wildman–Crippen MR) is 125 cm³/mol. The van der Waals surface area contributed by atoms with Crippen LogP contribution in [0.3, 0.4) is 0 Å². The lowest BCUT2D eigenvalue weighted by Gasteiger charge is -2.26. The molecule has 3 heterocycles. The van der Waals surface area contributed by atoms with Crippen molar-refractivity contribution in [1.29, 1.82) is 0 Å². The number of ether oxygens (including phenoxy) is 2. The molecule has 0 amide bonds. The first kappa shape index (κ1) is 21.7. The Morgan fingerprint density at radius 1 is 1.19 bits per heavy atom. The van der Waals surface area contributed by atoms with E-state index >= 15 is 0 Å². The fourth-order valence-electron chi connectivity index (χ4n) is 4.25. The zero-order valence-corrected chi connectivity index (χ0v) is 19.5. The van der Waals surface area contributed by atoms with Gasteiger partial charge < -0.3 is 14.8 Å². The molecule has 3 aromatic rings. The van der Waals surface area contributed by atoms with E-state index in [-0.39, 0.29) is 6.04 Å². The maximum Gasteiger partial charge on any atom is 0.187 e. The van der Waals surface area contributed by atoms with Gasteiger partial charge in [0.05, 0.1) is 25.5 Å². The molecule has 0 unspecified atom stereocenters. The zero-order valence-electron chi connectivity index (χ0n) is 18.6. The lowest BCUT2D eigenvalue weighted by molar-refractivity contribution is 0.184. The number of pyridine rings is 1. The molecule has 4 rings (SSSR count). The minimum atomic E-state index is 0.286. The van der Waals surface area contributed by atoms with Crippen LogP contribution < -0.4 is 10.1 Å². The highest BCUT2D eigenvalue weighted by Crippen LogP contribution is 2.35. The highest BCUT2D eigenvalue weighted by atomic mass is 32.1. The molecule has 1 aliphatic rings. The highest BCUT2D eigenvalue weighted by Gasteiger charge is 2.28. The summed E-state index contributed by atoms with van der Waals surface area (Å²) in [5.74, 6) is 0.921. The molecule has 0 saturated carbocycles. The van der Waals surface area contributed by atoms with E-state index in [2.05, 4.69) is 53.3 Å². The Labute approximate surface area is 188 Å². The molecular weight excluding hydrogens is 408 g/mol. The third-order valence-electron chi connectivity index (χ3n) is 5.58. The summed E-state index contributed by atoms with van der Waals surface area (Å²) in [6.07, 6.45) is 4.16. The van der Waals surface area contributed by atoms with Gasteiger partial charge in [-0.1, -0.05) is 6.07 Å². The molecule has 1 fully saturated rings. The fourth-order valence-corrected chi connectivity index (χ4v) is 4.94. The summed E-state index contributed by atoms with van der Waals surface area (Å²) in [4.78, 5) is 13.0. The van der Waals surface area contributed by atoms with Gasteiger partial charge in [-0.05, 0) is 63.1 Å². The number of anilines is 2. The number of thiazole rings is 1. The summed E-state index contributed by atoms with van der Waals surface area (Å²) >= 11 is 1.66. The van der Waals surface area contributed by atoms with Gasteiger partial charge in [0, 0.05) is 41.7 Å². The maximum absolute atomic E-state index is 5.64. The van der Waals surface area contributed by atoms with Gasteiger partial charge in [-0.3, -0.25) is 9.88 Å². The van der Waals surface area contributed by atoms with Crippen molar-refractivity contribution in [3.8, 4) is 5.75 Å². The average molecular weight is 439 g/mol. The molecule has 164 valence electrons. The molecular formula is C24H30N4O2S. The Morgan fingerprint density at radius 3 is 2.81 bits per heavy atom. The number of nitrogens with one attached hydrogen (secondary N) is 1. The second-order valence-electron chi connectivity index (χ2n) is 8.03. The molecule has 0 aliphatic carbocycles. The van der Waals surface area contributed by atoms with Gasteiger partial charge >= 0.3 is 0 Å². The van der Waals surface area contributed by atoms with Crippen molar-refractivity contribution < 1.29 is 9.47 Å². The molecule has 31 heavy (non-hydrogen) atoms. The van der Waals surface area contributed by atoms with E-state index < -0.39 is 0 Å². The van der Waals surface area contributed by atoms with Crippen LogP contribution in [0.2, 0.25) is 0 Å². The SMILES string of the molecule is COCc1ccc(OC)c(CN2CCC[C@@H]2c2cc(Nc3ncc(C)s3)cc(C)n2)c1. The number of aryl methyl sites for hydroxylation is 2. The van der Waals surface area contributed by atoms with Crippen LogP contribution in [0.25, 0.3) is 0 Å². The molecule has 0 radical (unpaired) electrons. The molecule has 0 spiro atoms. The first-order chi connectivity index (χ1) is 15.1. The quantitative estimate of drug-likeness (QED) is 0.509. The van der Waals surface area contributed by atoms with Crippen LogP contribution in [0.5, 0.6) is 5.75 Å². The summed E-state index contributed by atoms with van der Waals surface area (Å²) in [5, 5.41) is 4.36. The van der Waals surface area contributed by atoms with Gasteiger partial charge in [0.15, 0.2) is 5.13 Å². The largest absolute Gasteiger partial charge is 0.496 e. The van der Waals surface area contributed by atoms with Crippen molar-refractivity contribution in [3.63, 3.8) is 0 Å². The lowest BCUT2D eigenvalue weighted by atomic mass is 10.1. The van der Waals surface area contributed by atoms with Gasteiger partial charge in [0.25, 0.3) is 0 Å². The number of likely N-dealkylation sites (tertiary alicyclic amines) is 1. The Hall–Kier alpha value is -2.48. The van der Waals surface area contributed by atoms with Crippen LogP contribution in [-0.4, -0.2) is 35.6 Å². The Kier molecular flexibility index (Phi) is 6.85. The van der Waals surface area contributed by atoms with Crippen molar-refractivity contribution in [2.45, 2.75) is 45.9 Å². The number of nitrogens with zero attached hydrogens (tertiary/aromatic N) is 3. The van der Waals surface area contributed by atoms with E-state index in [1.165, 1.54) is 10.4 Å². The van der Waals surface area contributed by atoms with Crippen molar-refractivity contribution >= 4 is 22.2 Å². The van der Waals surface area contributed by atoms with Crippen molar-refractivity contribution in [2.75, 3.05) is 26.1 Å². The third-order valence-corrected chi connectivity index (χ3v) is 6.41. The number of benzene rings is 1. The number of hydrogen-bond donors (Lipinski definition) is 1. The van der Waals surface area contributed by atoms with Crippen LogP contribution in [0.4, 0.5) is 10.8 Å². The van der Waals surface area contributed by atoms with Crippen LogP contribution in [0.1, 0.15) is 46.3 Å². The monoisotopic (exact) mass is 438 g/mol. The molecule has 1 saturated heterocycles. The fraction of sp³-hybridized carbons (Fsp3) is 0.417. The van der Waals surface area contributed by atoms with E-state index in [0.717, 1.165) is 59.5 Å². The summed E-state index contributed by atoms with van der Waals surface area (Å²) in [6, 6.07) is 10.8. The average Bonchev–Trinajstić information content (AvgIpc) is 3.37. The smallest absolute Gasteiger partial charge is 0.187 e. The summed E-state index contributed by atoms with van der Waals surface area (Å²) < 4.78 is 11.0. The van der Waals surface area contributed by atoms with Crippen LogP contribution >= 0.6 is 11.3 Å². The van der Waals surface area contributed by atoms with E-state index in [0.29, 0.717) is 6.61 Å². The Morgan fingerprint density at radius 2 is 2.06 bits per heavy atom. The molecule has 7 heteroatoms. The van der Waals surface area contributed by atoms with Gasteiger partial charge in [-0.15, -0.1) is 11.3 Å². The maximum atomic E-state index is 5.64. The standard InChI is InChI=1S/C24H30N4O2S/c1-16-10-20(27-24-25-13-17(2)31-24)12-21(26-16)22-6-5-9-28(22)14-19-11-18(15-29-3)7-8-23(19)30-4/h7-8,10-13,22H,5-6,9,14-15H2,1-4H3,(H,25,26,27)/t22-/m1/s1. The second kappa shape index (κ2) is 9.77. The first-order valence-corrected chi connectivity index (χ1v) is 11.4. The summed E-state index contributed by atoms with van der Waals surface area (Å²) in [5.41, 5.74) is 5.52. The highest BCUT2D eigenvalue weighted by molar-refractivity contribution is 7.15. The molecule has 1 atom stereocenters. The zero-order chi connectivity index (χ0) is 21.8. The molecule has 1 aromatic carbocycles. The van der Waals surface area contributed by atoms with E-state index in [9.17, 15) is 0 Å². The van der Waals surface area contributed by atoms with Crippen molar-refractivity contribution in [1.82, 2.24) is 14.9 Å². The Bertz CT molecular complexity index is 1040. The van der Waals surface area contributed by atoms with Gasteiger partial charge in [0.2, 0.25) is 0 Å². The van der Waals surface area contributed by atoms with E-state index in [1.54, 1.807) is 25.6 Å². The number of rotatable bonds is 8. The van der Waals surface area contributed by atoms with Crippen LogP contribution in [0.15, 0.2) is 36.5 Å². The third kappa shape index (κ3) is 5.23. The van der Waals surface area contributed by atoms with Gasteiger partial charge in [-0.2, -0.15) is 0 Å². The first-order valence-electron chi connectivity index (χ1n) is 10.6. The van der Waals surface area contributed by atoms with Gasteiger partial charge in [-0.25, -0.2) is 4.98 Å². The van der Waals surface area contributed by atoms with E-state index in [4.69, 9.17) is 14.5 Å². The number of hydrogen-bond acceptors (Lipinski definition) is 7. The topological polar surface area (TPSA) is 59.5 Å². The number of aromatic nitrogens is 2. The minimum Gasteiger partial charge on any atom is -0.496 e. The Balaban J connectivity index is 1.57. The summed E-state index contributed by atoms with van der Waals surface area (Å²) in [6.45, 7) is 6.60. The predicted octanol–water partition coefficient (Wildman–Crippen LogP) is 5.39. The van der Waals surface area contributed by atoms with Crippen molar-refractivity contribution in [3.05, 3.63) is 63.9 Å². The number of methoxy groups -OCH3 is 2. The molecule has 2 aromatic heterocycles. The molecule has 1 N–H and O–H groups in total. The minimum absolute atomic E-state index is 0.286. The van der Waals surface area contributed by atoms with Crippen LogP contribution in [-0.2, 0) is 17.9 Å². The molecule has 1 aliphatic heterocycles. The summed E-state index contributed by atoms with van der Waals surface area (Å²) in [7, 11) is 3.46. The lowest BCUT2D eigenvalue weighted by Crippen LogP contribution is -2.24. The normalized spacial score (nSPS) is 16.6. The van der Waals surface area contributed by atoms with Crippen LogP contribution in [0, 0.1) is 13.8 Å². The van der Waals surface area contributed by atoms with E-state index in [1.807, 2.05) is 12.3 Å². The molecule has 6 nitrogen and oxygen atoms in total. The van der Waals surface area contributed by atoms with Crippen molar-refractivity contribution in [2.24, 2.45) is 0 Å². The second-order valence-corrected chi connectivity index (χ2v) is 9.27. The van der Waals surface area contributed by atoms with Gasteiger partial charge in [0.1, 0.15) is 5.75 Å².